The van der Waals surface area contributed by atoms with E-state index in [9.17, 15) is 0 Å². The molecule has 0 aromatic heterocycles. The van der Waals surface area contributed by atoms with E-state index in [2.05, 4.69) is 68.6 Å². The number of benzene rings is 2. The Hall–Kier alpha value is -1.96. The van der Waals surface area contributed by atoms with Gasteiger partial charge in [-0.1, -0.05) is 51.1 Å². The topological polar surface area (TPSA) is 21.3 Å². The van der Waals surface area contributed by atoms with Gasteiger partial charge in [-0.2, -0.15) is 0 Å². The zero-order chi connectivity index (χ0) is 16.4. The molecule has 2 aromatic rings. The van der Waals surface area contributed by atoms with Crippen molar-refractivity contribution in [3.63, 3.8) is 0 Å². The summed E-state index contributed by atoms with van der Waals surface area (Å²) in [6, 6.07) is 15.2. The predicted molar refractivity (Wildman–Crippen MR) is 97.5 cm³/mol. The van der Waals surface area contributed by atoms with Crippen LogP contribution in [-0.4, -0.2) is 13.7 Å². The van der Waals surface area contributed by atoms with E-state index in [-0.39, 0.29) is 5.41 Å². The van der Waals surface area contributed by atoms with Crippen LogP contribution in [0, 0.1) is 5.41 Å². The molecule has 0 saturated carbocycles. The average Bonchev–Trinajstić information content (AvgIpc) is 2.53. The smallest absolute Gasteiger partial charge is 0.124 e. The van der Waals surface area contributed by atoms with E-state index in [1.165, 1.54) is 28.8 Å². The van der Waals surface area contributed by atoms with Crippen molar-refractivity contribution in [2.24, 2.45) is 5.41 Å². The third-order valence-corrected chi connectivity index (χ3v) is 4.86. The number of methoxy groups -OCH3 is 1. The first-order chi connectivity index (χ1) is 11.0. The second kappa shape index (κ2) is 6.27. The highest BCUT2D eigenvalue weighted by molar-refractivity contribution is 5.62. The van der Waals surface area contributed by atoms with Gasteiger partial charge < -0.3 is 10.1 Å². The van der Waals surface area contributed by atoms with Gasteiger partial charge in [0.1, 0.15) is 5.75 Å². The number of rotatable bonds is 3. The van der Waals surface area contributed by atoms with Gasteiger partial charge in [0.05, 0.1) is 7.11 Å². The minimum atomic E-state index is 0.273. The van der Waals surface area contributed by atoms with Gasteiger partial charge >= 0.3 is 0 Å². The van der Waals surface area contributed by atoms with Crippen LogP contribution in [0.5, 0.6) is 5.75 Å². The third-order valence-electron chi connectivity index (χ3n) is 4.86. The van der Waals surface area contributed by atoms with E-state index in [1.807, 2.05) is 0 Å². The summed E-state index contributed by atoms with van der Waals surface area (Å²) in [5, 5.41) is 3.55. The lowest BCUT2D eigenvalue weighted by atomic mass is 9.72. The lowest BCUT2D eigenvalue weighted by Crippen LogP contribution is -2.26. The highest BCUT2D eigenvalue weighted by atomic mass is 16.5. The van der Waals surface area contributed by atoms with Gasteiger partial charge in [0.25, 0.3) is 0 Å². The van der Waals surface area contributed by atoms with Crippen LogP contribution >= 0.6 is 0 Å². The van der Waals surface area contributed by atoms with Crippen molar-refractivity contribution in [1.82, 2.24) is 0 Å². The molecule has 0 amide bonds. The van der Waals surface area contributed by atoms with Crippen LogP contribution in [0.1, 0.15) is 49.8 Å². The summed E-state index contributed by atoms with van der Waals surface area (Å²) >= 11 is 0. The zero-order valence-corrected chi connectivity index (χ0v) is 14.6. The molecule has 0 radical (unpaired) electrons. The number of hydrogen-bond acceptors (Lipinski definition) is 2. The highest BCUT2D eigenvalue weighted by Crippen LogP contribution is 2.45. The van der Waals surface area contributed by atoms with E-state index in [0.29, 0.717) is 5.92 Å². The summed E-state index contributed by atoms with van der Waals surface area (Å²) in [7, 11) is 1.76. The molecular formula is C21H27NO. The molecule has 0 aliphatic carbocycles. The van der Waals surface area contributed by atoms with Crippen molar-refractivity contribution >= 4 is 5.69 Å². The highest BCUT2D eigenvalue weighted by Gasteiger charge is 2.31. The molecule has 0 saturated heterocycles. The Kier molecular flexibility index (Phi) is 4.34. The van der Waals surface area contributed by atoms with E-state index in [0.717, 1.165) is 18.7 Å². The summed E-state index contributed by atoms with van der Waals surface area (Å²) in [6.07, 6.45) is 2.10. The lowest BCUT2D eigenvalue weighted by Gasteiger charge is -2.37. The van der Waals surface area contributed by atoms with Crippen LogP contribution in [0.15, 0.2) is 42.5 Å². The fraction of sp³-hybridized carbons (Fsp3) is 0.429. The Morgan fingerprint density at radius 2 is 1.87 bits per heavy atom. The number of nitrogens with one attached hydrogen (secondary N) is 1. The first kappa shape index (κ1) is 15.9. The standard InChI is InChI=1S/C21H27NO/c1-21(2,3)18-10-11-22-19-14-20(23-4)16(13-17(18)19)12-15-8-6-5-7-9-15/h5-9,13-14,18,22H,10-12H2,1-4H3. The van der Waals surface area contributed by atoms with Crippen molar-refractivity contribution in [1.29, 1.82) is 0 Å². The van der Waals surface area contributed by atoms with Crippen LogP contribution in [0.3, 0.4) is 0 Å². The maximum absolute atomic E-state index is 5.66. The minimum Gasteiger partial charge on any atom is -0.496 e. The van der Waals surface area contributed by atoms with Crippen molar-refractivity contribution in [2.45, 2.75) is 39.5 Å². The van der Waals surface area contributed by atoms with E-state index in [1.54, 1.807) is 7.11 Å². The van der Waals surface area contributed by atoms with Gasteiger partial charge in [0.2, 0.25) is 0 Å². The van der Waals surface area contributed by atoms with E-state index < -0.39 is 0 Å². The molecule has 1 heterocycles. The lowest BCUT2D eigenvalue weighted by molar-refractivity contribution is 0.305. The molecule has 1 unspecified atom stereocenters. The van der Waals surface area contributed by atoms with E-state index >= 15 is 0 Å². The Labute approximate surface area is 139 Å². The first-order valence-corrected chi connectivity index (χ1v) is 8.47. The van der Waals surface area contributed by atoms with Gasteiger partial charge in [0, 0.05) is 24.7 Å². The number of ether oxygens (including phenoxy) is 1. The largest absolute Gasteiger partial charge is 0.496 e. The van der Waals surface area contributed by atoms with Crippen LogP contribution < -0.4 is 10.1 Å². The molecule has 3 rings (SSSR count). The molecule has 2 nitrogen and oxygen atoms in total. The summed E-state index contributed by atoms with van der Waals surface area (Å²) in [6.45, 7) is 8.06. The van der Waals surface area contributed by atoms with Crippen molar-refractivity contribution in [3.8, 4) is 5.75 Å². The monoisotopic (exact) mass is 309 g/mol. The second-order valence-corrected chi connectivity index (χ2v) is 7.55. The van der Waals surface area contributed by atoms with Crippen molar-refractivity contribution < 1.29 is 4.74 Å². The van der Waals surface area contributed by atoms with Crippen LogP contribution in [0.4, 0.5) is 5.69 Å². The first-order valence-electron chi connectivity index (χ1n) is 8.47. The average molecular weight is 309 g/mol. The SMILES string of the molecule is COc1cc2c(cc1Cc1ccccc1)C(C(C)(C)C)CCN2. The maximum Gasteiger partial charge on any atom is 0.124 e. The Balaban J connectivity index is 2.03. The molecular weight excluding hydrogens is 282 g/mol. The molecule has 1 atom stereocenters. The molecule has 122 valence electrons. The number of fused-ring (bicyclic) bond motifs is 1. The number of anilines is 1. The molecule has 23 heavy (non-hydrogen) atoms. The van der Waals surface area contributed by atoms with Crippen molar-refractivity contribution in [2.75, 3.05) is 19.0 Å². The van der Waals surface area contributed by atoms with Crippen molar-refractivity contribution in [3.05, 3.63) is 59.2 Å². The third kappa shape index (κ3) is 3.36. The second-order valence-electron chi connectivity index (χ2n) is 7.55. The molecule has 0 spiro atoms. The predicted octanol–water partition coefficient (Wildman–Crippen LogP) is 5.23. The molecule has 1 aliphatic heterocycles. The Bertz CT molecular complexity index is 670. The van der Waals surface area contributed by atoms with Gasteiger partial charge in [-0.15, -0.1) is 0 Å². The van der Waals surface area contributed by atoms with Gasteiger partial charge in [-0.3, -0.25) is 0 Å². The normalized spacial score (nSPS) is 17.3. The van der Waals surface area contributed by atoms with Crippen LogP contribution in [-0.2, 0) is 6.42 Å². The fourth-order valence-corrected chi connectivity index (χ4v) is 3.64. The Morgan fingerprint density at radius 3 is 2.52 bits per heavy atom. The molecule has 1 N–H and O–H groups in total. The maximum atomic E-state index is 5.66. The molecule has 1 aliphatic rings. The summed E-state index contributed by atoms with van der Waals surface area (Å²) in [5.41, 5.74) is 5.55. The minimum absolute atomic E-state index is 0.273. The van der Waals surface area contributed by atoms with Crippen LogP contribution in [0.2, 0.25) is 0 Å². The van der Waals surface area contributed by atoms with Gasteiger partial charge in [0.15, 0.2) is 0 Å². The van der Waals surface area contributed by atoms with Gasteiger partial charge in [-0.25, -0.2) is 0 Å². The summed E-state index contributed by atoms with van der Waals surface area (Å²) in [5.74, 6) is 1.56. The molecule has 0 bridgehead atoms. The summed E-state index contributed by atoms with van der Waals surface area (Å²) in [4.78, 5) is 0. The van der Waals surface area contributed by atoms with E-state index in [4.69, 9.17) is 4.74 Å². The summed E-state index contributed by atoms with van der Waals surface area (Å²) < 4.78 is 5.66. The van der Waals surface area contributed by atoms with Crippen LogP contribution in [0.25, 0.3) is 0 Å². The number of hydrogen-bond donors (Lipinski definition) is 1. The van der Waals surface area contributed by atoms with Gasteiger partial charge in [-0.05, 0) is 40.5 Å². The quantitative estimate of drug-likeness (QED) is 0.838. The molecule has 2 aromatic carbocycles. The Morgan fingerprint density at radius 1 is 1.13 bits per heavy atom. The fourth-order valence-electron chi connectivity index (χ4n) is 3.64. The molecule has 2 heteroatoms. The zero-order valence-electron chi connectivity index (χ0n) is 14.6. The molecule has 0 fully saturated rings.